The summed E-state index contributed by atoms with van der Waals surface area (Å²) >= 11 is 0. The summed E-state index contributed by atoms with van der Waals surface area (Å²) < 4.78 is 10.6. The van der Waals surface area contributed by atoms with Crippen molar-refractivity contribution in [1.82, 2.24) is 10.2 Å². The van der Waals surface area contributed by atoms with Crippen molar-refractivity contribution in [2.75, 3.05) is 20.8 Å². The number of phenolic OH excluding ortho intramolecular Hbond substituents is 1. The lowest BCUT2D eigenvalue weighted by molar-refractivity contribution is -0.153. The monoisotopic (exact) mass is 489 g/mol. The molecule has 3 fully saturated rings. The number of rotatable bonds is 9. The van der Waals surface area contributed by atoms with E-state index in [9.17, 15) is 24.6 Å². The minimum atomic E-state index is -1.61. The number of carboxylic acid groups (broad SMARTS) is 1. The lowest BCUT2D eigenvalue weighted by atomic mass is 9.76. The molecule has 2 heterocycles. The number of unbranched alkanes of at least 4 members (excludes halogenated alkanes) is 1. The zero-order valence-corrected chi connectivity index (χ0v) is 20.3. The summed E-state index contributed by atoms with van der Waals surface area (Å²) in [6.07, 6.45) is 5.69. The molecule has 2 aliphatic heterocycles. The molecule has 1 aromatic carbocycles. The summed E-state index contributed by atoms with van der Waals surface area (Å²) in [5.41, 5.74) is 4.56. The quantitative estimate of drug-likeness (QED) is 0.301. The summed E-state index contributed by atoms with van der Waals surface area (Å²) in [6.45, 7) is 0.403. The van der Waals surface area contributed by atoms with Gasteiger partial charge in [-0.25, -0.2) is 0 Å². The number of phenols is 1. The number of methoxy groups -OCH3 is 2. The summed E-state index contributed by atoms with van der Waals surface area (Å²) in [5.74, 6) is -3.76. The number of ether oxygens (including phenoxy) is 2. The van der Waals surface area contributed by atoms with Crippen LogP contribution in [0.3, 0.4) is 0 Å². The third-order valence-electron chi connectivity index (χ3n) is 7.90. The fourth-order valence-electron chi connectivity index (χ4n) is 6.19. The van der Waals surface area contributed by atoms with Gasteiger partial charge in [-0.15, -0.1) is 0 Å². The maximum Gasteiger partial charge on any atom is 0.324 e. The van der Waals surface area contributed by atoms with Crippen molar-refractivity contribution in [2.24, 2.45) is 17.6 Å². The molecule has 2 saturated heterocycles. The van der Waals surface area contributed by atoms with Gasteiger partial charge in [0.2, 0.25) is 17.6 Å². The van der Waals surface area contributed by atoms with Crippen molar-refractivity contribution < 1.29 is 34.1 Å². The molecule has 0 spiro atoms. The number of nitrogens with zero attached hydrogens (tertiary/aromatic N) is 1. The molecule has 0 radical (unpaired) electrons. The van der Waals surface area contributed by atoms with E-state index < -0.39 is 35.3 Å². The predicted molar refractivity (Wildman–Crippen MR) is 126 cm³/mol. The summed E-state index contributed by atoms with van der Waals surface area (Å²) in [4.78, 5) is 41.8. The van der Waals surface area contributed by atoms with E-state index in [2.05, 4.69) is 5.32 Å². The largest absolute Gasteiger partial charge is 0.502 e. The zero-order valence-electron chi connectivity index (χ0n) is 20.3. The molecule has 4 rings (SSSR count). The van der Waals surface area contributed by atoms with Crippen LogP contribution in [0.1, 0.15) is 63.0 Å². The number of fused-ring (bicyclic) bond motifs is 1. The highest BCUT2D eigenvalue weighted by Crippen LogP contribution is 2.53. The number of amides is 2. The number of aromatic hydroxyl groups is 1. The van der Waals surface area contributed by atoms with Gasteiger partial charge in [-0.3, -0.25) is 24.6 Å². The lowest BCUT2D eigenvalue weighted by Gasteiger charge is -2.34. The minimum Gasteiger partial charge on any atom is -0.502 e. The fourth-order valence-corrected chi connectivity index (χ4v) is 6.19. The molecule has 1 aliphatic carbocycles. The highest BCUT2D eigenvalue weighted by Gasteiger charge is 2.68. The second-order valence-electron chi connectivity index (χ2n) is 9.76. The van der Waals surface area contributed by atoms with Gasteiger partial charge in [-0.1, -0.05) is 19.3 Å². The first-order chi connectivity index (χ1) is 16.8. The average molecular weight is 490 g/mol. The SMILES string of the molecule is COc1cc(C2NC(CCCCN)(C(=O)O)C3C(=O)N(C4CCCCC4)C(=O)C23)cc(OC)c1O. The molecule has 4 atom stereocenters. The van der Waals surface area contributed by atoms with E-state index in [1.54, 1.807) is 12.1 Å². The number of imide groups is 1. The molecule has 2 amide bonds. The molecule has 10 heteroatoms. The Balaban J connectivity index is 1.82. The van der Waals surface area contributed by atoms with Crippen LogP contribution in [0, 0.1) is 11.8 Å². The lowest BCUT2D eigenvalue weighted by Crippen LogP contribution is -2.56. The van der Waals surface area contributed by atoms with Crippen molar-refractivity contribution >= 4 is 17.8 Å². The van der Waals surface area contributed by atoms with Crippen molar-refractivity contribution in [2.45, 2.75) is 69.0 Å². The second kappa shape index (κ2) is 10.0. The smallest absolute Gasteiger partial charge is 0.324 e. The Labute approximate surface area is 204 Å². The number of likely N-dealkylation sites (tertiary alicyclic amines) is 1. The molecule has 4 unspecified atom stereocenters. The van der Waals surface area contributed by atoms with Crippen molar-refractivity contribution in [3.05, 3.63) is 17.7 Å². The first-order valence-corrected chi connectivity index (χ1v) is 12.3. The zero-order chi connectivity index (χ0) is 25.3. The molecular weight excluding hydrogens is 454 g/mol. The summed E-state index contributed by atoms with van der Waals surface area (Å²) in [6, 6.07) is 2.15. The van der Waals surface area contributed by atoms with Crippen molar-refractivity contribution in [3.8, 4) is 17.2 Å². The first-order valence-electron chi connectivity index (χ1n) is 12.3. The van der Waals surface area contributed by atoms with Gasteiger partial charge in [0.1, 0.15) is 5.54 Å². The van der Waals surface area contributed by atoms with Crippen molar-refractivity contribution in [1.29, 1.82) is 0 Å². The standard InChI is InChI=1S/C25H35N3O7/c1-34-16-12-14(13-17(35-2)21(16)29)20-18-19(25(27-20,24(32)33)10-6-7-11-26)23(31)28(22(18)30)15-8-4-3-5-9-15/h12-13,15,18-20,27,29H,3-11,26H2,1-2H3,(H,32,33). The van der Waals surface area contributed by atoms with Crippen LogP contribution in [-0.4, -0.2) is 65.2 Å². The van der Waals surface area contributed by atoms with Crippen LogP contribution in [0.2, 0.25) is 0 Å². The maximum atomic E-state index is 13.8. The van der Waals surface area contributed by atoms with E-state index in [1.165, 1.54) is 19.1 Å². The number of hydrogen-bond acceptors (Lipinski definition) is 8. The minimum absolute atomic E-state index is 0.134. The molecule has 10 nitrogen and oxygen atoms in total. The predicted octanol–water partition coefficient (Wildman–Crippen LogP) is 1.94. The molecule has 35 heavy (non-hydrogen) atoms. The number of carbonyl (C=O) groups excluding carboxylic acids is 2. The van der Waals surface area contributed by atoms with E-state index in [1.807, 2.05) is 0 Å². The van der Waals surface area contributed by atoms with Gasteiger partial charge in [-0.2, -0.15) is 0 Å². The Morgan fingerprint density at radius 3 is 2.29 bits per heavy atom. The second-order valence-corrected chi connectivity index (χ2v) is 9.76. The van der Waals surface area contributed by atoms with Gasteiger partial charge in [-0.05, 0) is 56.3 Å². The number of carboxylic acids is 1. The number of nitrogens with two attached hydrogens (primary N) is 1. The Hall–Kier alpha value is -2.85. The topological polar surface area (TPSA) is 151 Å². The van der Waals surface area contributed by atoms with Gasteiger partial charge < -0.3 is 25.4 Å². The van der Waals surface area contributed by atoms with Crippen LogP contribution in [0.5, 0.6) is 17.2 Å². The van der Waals surface area contributed by atoms with Gasteiger partial charge >= 0.3 is 5.97 Å². The molecule has 1 aromatic rings. The Kier molecular flexibility index (Phi) is 7.23. The Morgan fingerprint density at radius 2 is 1.74 bits per heavy atom. The fraction of sp³-hybridized carbons (Fsp3) is 0.640. The van der Waals surface area contributed by atoms with Crippen LogP contribution in [0.15, 0.2) is 12.1 Å². The highest BCUT2D eigenvalue weighted by molar-refractivity contribution is 6.09. The van der Waals surface area contributed by atoms with E-state index in [4.69, 9.17) is 15.2 Å². The highest BCUT2D eigenvalue weighted by atomic mass is 16.5. The van der Waals surface area contributed by atoms with Gasteiger partial charge in [0.15, 0.2) is 11.5 Å². The van der Waals surface area contributed by atoms with Crippen LogP contribution in [0.4, 0.5) is 0 Å². The molecular formula is C25H35N3O7. The molecule has 1 saturated carbocycles. The third-order valence-corrected chi connectivity index (χ3v) is 7.90. The molecule has 0 aromatic heterocycles. The van der Waals surface area contributed by atoms with Gasteiger partial charge in [0.25, 0.3) is 0 Å². The van der Waals surface area contributed by atoms with Crippen LogP contribution < -0.4 is 20.5 Å². The normalized spacial score (nSPS) is 28.9. The van der Waals surface area contributed by atoms with Crippen molar-refractivity contribution in [3.63, 3.8) is 0 Å². The number of nitrogens with one attached hydrogen (secondary N) is 1. The van der Waals surface area contributed by atoms with Gasteiger partial charge in [0, 0.05) is 12.1 Å². The molecule has 0 bridgehead atoms. The first kappa shape index (κ1) is 25.2. The molecule has 5 N–H and O–H groups in total. The van der Waals surface area contributed by atoms with Crippen LogP contribution in [0.25, 0.3) is 0 Å². The van der Waals surface area contributed by atoms with Crippen LogP contribution >= 0.6 is 0 Å². The summed E-state index contributed by atoms with van der Waals surface area (Å²) in [7, 11) is 2.79. The van der Waals surface area contributed by atoms with Crippen LogP contribution in [-0.2, 0) is 14.4 Å². The Bertz CT molecular complexity index is 968. The van der Waals surface area contributed by atoms with Gasteiger partial charge in [0.05, 0.1) is 26.1 Å². The summed E-state index contributed by atoms with van der Waals surface area (Å²) in [5, 5.41) is 24.0. The average Bonchev–Trinajstić information content (AvgIpc) is 3.34. The number of hydrogen-bond donors (Lipinski definition) is 4. The number of carbonyl (C=O) groups is 3. The number of aliphatic carboxylic acids is 1. The van der Waals surface area contributed by atoms with E-state index in [-0.39, 0.29) is 35.6 Å². The van der Waals surface area contributed by atoms with E-state index in [0.717, 1.165) is 32.1 Å². The molecule has 192 valence electrons. The maximum absolute atomic E-state index is 13.8. The Morgan fingerprint density at radius 1 is 1.11 bits per heavy atom. The third kappa shape index (κ3) is 4.12. The van der Waals surface area contributed by atoms with E-state index >= 15 is 0 Å². The molecule has 3 aliphatic rings. The number of benzene rings is 1. The van der Waals surface area contributed by atoms with E-state index in [0.29, 0.717) is 24.9 Å².